The molecule has 0 aromatic heterocycles. The Bertz CT molecular complexity index is 295. The molecule has 0 aromatic carbocycles. The van der Waals surface area contributed by atoms with Gasteiger partial charge in [0.25, 0.3) is 5.92 Å². The normalized spacial score (nSPS) is 23.4. The van der Waals surface area contributed by atoms with E-state index in [-0.39, 0.29) is 12.8 Å². The molecule has 0 spiro atoms. The Morgan fingerprint density at radius 1 is 1.38 bits per heavy atom. The van der Waals surface area contributed by atoms with Gasteiger partial charge in [-0.1, -0.05) is 0 Å². The van der Waals surface area contributed by atoms with Crippen molar-refractivity contribution in [2.45, 2.75) is 31.2 Å². The Labute approximate surface area is 90.7 Å². The predicted octanol–water partition coefficient (Wildman–Crippen LogP) is 0.0797. The van der Waals surface area contributed by atoms with Gasteiger partial charge in [-0.25, -0.2) is 8.78 Å². The van der Waals surface area contributed by atoms with Gasteiger partial charge in [0.2, 0.25) is 5.91 Å². The van der Waals surface area contributed by atoms with Gasteiger partial charge in [-0.3, -0.25) is 9.59 Å². The number of alkyl halides is 2. The van der Waals surface area contributed by atoms with Crippen LogP contribution in [0.3, 0.4) is 0 Å². The number of hydrogen-bond donors (Lipinski definition) is 2. The summed E-state index contributed by atoms with van der Waals surface area (Å²) < 4.78 is 25.9. The number of nitrogens with zero attached hydrogens (tertiary/aromatic N) is 1. The Kier molecular flexibility index (Phi) is 3.79. The number of amides is 1. The van der Waals surface area contributed by atoms with Gasteiger partial charge in [0.05, 0.1) is 25.6 Å². The number of rotatable bonds is 4. The number of carboxylic acids is 1. The molecule has 1 aliphatic rings. The van der Waals surface area contributed by atoms with Crippen LogP contribution < -0.4 is 0 Å². The maximum atomic E-state index is 13.0. The average Bonchev–Trinajstić information content (AvgIpc) is 2.50. The van der Waals surface area contributed by atoms with Crippen molar-refractivity contribution in [1.29, 1.82) is 0 Å². The first-order chi connectivity index (χ1) is 7.35. The third-order valence-electron chi connectivity index (χ3n) is 2.46. The predicted molar refractivity (Wildman–Crippen MR) is 49.0 cm³/mol. The quantitative estimate of drug-likeness (QED) is 0.725. The third kappa shape index (κ3) is 3.13. The molecule has 16 heavy (non-hydrogen) atoms. The van der Waals surface area contributed by atoms with Crippen molar-refractivity contribution in [3.8, 4) is 0 Å². The van der Waals surface area contributed by atoms with Crippen LogP contribution in [0.1, 0.15) is 19.3 Å². The van der Waals surface area contributed by atoms with Crippen LogP contribution in [0.15, 0.2) is 0 Å². The fourth-order valence-electron chi connectivity index (χ4n) is 1.71. The zero-order chi connectivity index (χ0) is 12.3. The van der Waals surface area contributed by atoms with Crippen molar-refractivity contribution < 1.29 is 28.6 Å². The molecule has 1 amide bonds. The second-order valence-corrected chi connectivity index (χ2v) is 3.81. The van der Waals surface area contributed by atoms with Gasteiger partial charge in [0.1, 0.15) is 0 Å². The molecule has 0 bridgehead atoms. The standard InChI is InChI=1S/C9H13F2NO4/c10-9(11)3-6(4-13)12(5-9)7(14)1-2-8(15)16/h6,13H,1-5H2,(H,15,16)/t6-/m0/s1. The number of carbonyl (C=O) groups excluding carboxylic acids is 1. The van der Waals surface area contributed by atoms with Crippen LogP contribution in [-0.4, -0.2) is 52.1 Å². The first-order valence-electron chi connectivity index (χ1n) is 4.85. The molecule has 1 heterocycles. The van der Waals surface area contributed by atoms with Crippen LogP contribution >= 0.6 is 0 Å². The van der Waals surface area contributed by atoms with Crippen LogP contribution in [0.4, 0.5) is 8.78 Å². The van der Waals surface area contributed by atoms with Crippen molar-refractivity contribution in [2.24, 2.45) is 0 Å². The van der Waals surface area contributed by atoms with E-state index in [1.54, 1.807) is 0 Å². The van der Waals surface area contributed by atoms with Crippen LogP contribution in [0.5, 0.6) is 0 Å². The summed E-state index contributed by atoms with van der Waals surface area (Å²) in [4.78, 5) is 22.5. The summed E-state index contributed by atoms with van der Waals surface area (Å²) in [6, 6.07) is -0.906. The van der Waals surface area contributed by atoms with Gasteiger partial charge in [0, 0.05) is 12.8 Å². The maximum absolute atomic E-state index is 13.0. The second kappa shape index (κ2) is 4.73. The highest BCUT2D eigenvalue weighted by molar-refractivity contribution is 5.81. The largest absolute Gasteiger partial charge is 0.481 e. The fraction of sp³-hybridized carbons (Fsp3) is 0.778. The molecule has 1 atom stereocenters. The summed E-state index contributed by atoms with van der Waals surface area (Å²) in [7, 11) is 0. The number of carbonyl (C=O) groups is 2. The lowest BCUT2D eigenvalue weighted by atomic mass is 10.2. The van der Waals surface area contributed by atoms with Gasteiger partial charge < -0.3 is 15.1 Å². The zero-order valence-corrected chi connectivity index (χ0v) is 8.53. The Morgan fingerprint density at radius 3 is 2.50 bits per heavy atom. The van der Waals surface area contributed by atoms with Gasteiger partial charge in [-0.2, -0.15) is 0 Å². The molecule has 0 radical (unpaired) electrons. The van der Waals surface area contributed by atoms with E-state index in [9.17, 15) is 18.4 Å². The highest BCUT2D eigenvalue weighted by Gasteiger charge is 2.46. The van der Waals surface area contributed by atoms with Crippen LogP contribution in [-0.2, 0) is 9.59 Å². The van der Waals surface area contributed by atoms with E-state index in [0.717, 1.165) is 4.90 Å². The van der Waals surface area contributed by atoms with Gasteiger partial charge >= 0.3 is 5.97 Å². The second-order valence-electron chi connectivity index (χ2n) is 3.81. The fourth-order valence-corrected chi connectivity index (χ4v) is 1.71. The molecule has 5 nitrogen and oxygen atoms in total. The van der Waals surface area contributed by atoms with E-state index in [0.29, 0.717) is 0 Å². The summed E-state index contributed by atoms with van der Waals surface area (Å²) >= 11 is 0. The van der Waals surface area contributed by atoms with E-state index >= 15 is 0 Å². The average molecular weight is 237 g/mol. The molecule has 1 aliphatic heterocycles. The van der Waals surface area contributed by atoms with Crippen molar-refractivity contribution in [1.82, 2.24) is 4.90 Å². The molecule has 2 N–H and O–H groups in total. The molecule has 0 unspecified atom stereocenters. The maximum Gasteiger partial charge on any atom is 0.303 e. The van der Waals surface area contributed by atoms with E-state index in [1.165, 1.54) is 0 Å². The lowest BCUT2D eigenvalue weighted by molar-refractivity contribution is -0.141. The monoisotopic (exact) mass is 237 g/mol. The van der Waals surface area contributed by atoms with Gasteiger partial charge in [-0.05, 0) is 0 Å². The number of aliphatic carboxylic acids is 1. The molecule has 1 rings (SSSR count). The smallest absolute Gasteiger partial charge is 0.303 e. The number of aliphatic hydroxyl groups excluding tert-OH is 1. The van der Waals surface area contributed by atoms with Gasteiger partial charge in [0.15, 0.2) is 0 Å². The lowest BCUT2D eigenvalue weighted by Crippen LogP contribution is -2.38. The van der Waals surface area contributed by atoms with Crippen LogP contribution in [0.2, 0.25) is 0 Å². The van der Waals surface area contributed by atoms with Crippen LogP contribution in [0.25, 0.3) is 0 Å². The number of aliphatic hydroxyl groups is 1. The topological polar surface area (TPSA) is 77.8 Å². The third-order valence-corrected chi connectivity index (χ3v) is 2.46. The van der Waals surface area contributed by atoms with Crippen molar-refractivity contribution in [3.63, 3.8) is 0 Å². The van der Waals surface area contributed by atoms with Crippen molar-refractivity contribution in [2.75, 3.05) is 13.2 Å². The summed E-state index contributed by atoms with van der Waals surface area (Å²) in [5.41, 5.74) is 0. The lowest BCUT2D eigenvalue weighted by Gasteiger charge is -2.21. The Balaban J connectivity index is 2.57. The first kappa shape index (κ1) is 12.8. The molecule has 1 saturated heterocycles. The highest BCUT2D eigenvalue weighted by Crippen LogP contribution is 2.32. The SMILES string of the molecule is O=C(O)CCC(=O)N1CC(F)(F)C[C@H]1CO. The van der Waals surface area contributed by atoms with Crippen molar-refractivity contribution in [3.05, 3.63) is 0 Å². The first-order valence-corrected chi connectivity index (χ1v) is 4.85. The molecule has 0 saturated carbocycles. The summed E-state index contributed by atoms with van der Waals surface area (Å²) in [6.07, 6.45) is -1.27. The van der Waals surface area contributed by atoms with E-state index in [4.69, 9.17) is 10.2 Å². The Hall–Kier alpha value is -1.24. The zero-order valence-electron chi connectivity index (χ0n) is 8.53. The van der Waals surface area contributed by atoms with Crippen LogP contribution in [0, 0.1) is 0 Å². The van der Waals surface area contributed by atoms with Gasteiger partial charge in [-0.15, -0.1) is 0 Å². The molecule has 92 valence electrons. The molecular weight excluding hydrogens is 224 g/mol. The minimum absolute atomic E-state index is 0.318. The summed E-state index contributed by atoms with van der Waals surface area (Å²) in [6.45, 7) is -1.27. The number of likely N-dealkylation sites (tertiary alicyclic amines) is 1. The molecular formula is C9H13F2NO4. The minimum Gasteiger partial charge on any atom is -0.481 e. The highest BCUT2D eigenvalue weighted by atomic mass is 19.3. The van der Waals surface area contributed by atoms with Crippen molar-refractivity contribution >= 4 is 11.9 Å². The number of hydrogen-bond acceptors (Lipinski definition) is 3. The molecule has 0 aromatic rings. The molecule has 0 aliphatic carbocycles. The van der Waals surface area contributed by atoms with E-state index < -0.39 is 43.4 Å². The minimum atomic E-state index is -2.99. The summed E-state index contributed by atoms with van der Waals surface area (Å²) in [5.74, 6) is -4.80. The Morgan fingerprint density at radius 2 is 2.00 bits per heavy atom. The summed E-state index contributed by atoms with van der Waals surface area (Å²) in [5, 5.41) is 17.2. The van der Waals surface area contributed by atoms with E-state index in [2.05, 4.69) is 0 Å². The molecule has 1 fully saturated rings. The van der Waals surface area contributed by atoms with E-state index in [1.807, 2.05) is 0 Å². The molecule has 7 heteroatoms. The number of halogens is 2. The number of carboxylic acid groups (broad SMARTS) is 1.